The van der Waals surface area contributed by atoms with Crippen LogP contribution in [0.1, 0.15) is 29.9 Å². The van der Waals surface area contributed by atoms with Gasteiger partial charge in [-0.05, 0) is 55.0 Å². The predicted molar refractivity (Wildman–Crippen MR) is 121 cm³/mol. The van der Waals surface area contributed by atoms with Gasteiger partial charge in [0.15, 0.2) is 5.11 Å². The highest BCUT2D eigenvalue weighted by Gasteiger charge is 2.40. The first-order valence-corrected chi connectivity index (χ1v) is 10.4. The second-order valence-electron chi connectivity index (χ2n) is 7.17. The lowest BCUT2D eigenvalue weighted by molar-refractivity contribution is 0.180. The van der Waals surface area contributed by atoms with E-state index >= 15 is 0 Å². The number of hydrogen-bond donors (Lipinski definition) is 1. The third-order valence-electron chi connectivity index (χ3n) is 5.36. The number of aromatic nitrogens is 2. The number of ether oxygens (including phenoxy) is 2. The molecule has 30 heavy (non-hydrogen) atoms. The second-order valence-corrected chi connectivity index (χ2v) is 7.56. The van der Waals surface area contributed by atoms with E-state index in [4.69, 9.17) is 21.7 Å². The number of nitrogens with zero attached hydrogens (tertiary/aromatic N) is 3. The highest BCUT2D eigenvalue weighted by Crippen LogP contribution is 2.39. The van der Waals surface area contributed by atoms with Crippen LogP contribution in [0.25, 0.3) is 5.69 Å². The number of nitrogens with one attached hydrogen (secondary N) is 1. The second kappa shape index (κ2) is 9.28. The van der Waals surface area contributed by atoms with Crippen molar-refractivity contribution in [2.75, 3.05) is 27.4 Å². The van der Waals surface area contributed by atoms with Crippen molar-refractivity contribution in [3.8, 4) is 11.4 Å². The molecule has 4 rings (SSSR count). The maximum atomic E-state index is 5.73. The van der Waals surface area contributed by atoms with Gasteiger partial charge in [-0.25, -0.2) is 0 Å². The highest BCUT2D eigenvalue weighted by atomic mass is 32.1. The van der Waals surface area contributed by atoms with Gasteiger partial charge in [0, 0.05) is 50.1 Å². The highest BCUT2D eigenvalue weighted by molar-refractivity contribution is 7.80. The topological polar surface area (TPSA) is 51.5 Å². The van der Waals surface area contributed by atoms with Crippen LogP contribution in [0.5, 0.6) is 5.75 Å². The molecule has 2 atom stereocenters. The molecular weight excluding hydrogens is 396 g/mol. The van der Waals surface area contributed by atoms with E-state index in [-0.39, 0.29) is 12.1 Å². The minimum atomic E-state index is -0.0412. The molecule has 156 valence electrons. The number of benzene rings is 1. The van der Waals surface area contributed by atoms with Crippen molar-refractivity contribution in [1.29, 1.82) is 0 Å². The van der Waals surface area contributed by atoms with Crippen molar-refractivity contribution in [2.24, 2.45) is 0 Å². The molecule has 3 aromatic rings. The Morgan fingerprint density at radius 1 is 1.10 bits per heavy atom. The summed E-state index contributed by atoms with van der Waals surface area (Å²) in [5, 5.41) is 4.24. The smallest absolute Gasteiger partial charge is 0.170 e. The fourth-order valence-corrected chi connectivity index (χ4v) is 4.31. The molecule has 0 bridgehead atoms. The summed E-state index contributed by atoms with van der Waals surface area (Å²) >= 11 is 5.73. The summed E-state index contributed by atoms with van der Waals surface area (Å²) in [5.41, 5.74) is 3.16. The summed E-state index contributed by atoms with van der Waals surface area (Å²) < 4.78 is 12.9. The Hall–Kier alpha value is -2.90. The van der Waals surface area contributed by atoms with Crippen LogP contribution in [-0.2, 0) is 4.74 Å². The normalized spacial score (nSPS) is 18.5. The molecule has 1 saturated heterocycles. The molecule has 7 heteroatoms. The van der Waals surface area contributed by atoms with Gasteiger partial charge >= 0.3 is 0 Å². The molecule has 0 amide bonds. The minimum absolute atomic E-state index is 0.00505. The van der Waals surface area contributed by atoms with Crippen molar-refractivity contribution in [1.82, 2.24) is 19.8 Å². The molecule has 0 radical (unpaired) electrons. The summed E-state index contributed by atoms with van der Waals surface area (Å²) in [6, 6.07) is 18.2. The van der Waals surface area contributed by atoms with Crippen LogP contribution < -0.4 is 10.1 Å². The molecule has 0 saturated carbocycles. The largest absolute Gasteiger partial charge is 0.497 e. The monoisotopic (exact) mass is 422 g/mol. The number of hydrogen-bond acceptors (Lipinski definition) is 4. The molecule has 0 aliphatic carbocycles. The average Bonchev–Trinajstić information content (AvgIpc) is 3.39. The average molecular weight is 423 g/mol. The number of rotatable bonds is 8. The lowest BCUT2D eigenvalue weighted by Crippen LogP contribution is -2.32. The van der Waals surface area contributed by atoms with E-state index in [0.29, 0.717) is 6.61 Å². The van der Waals surface area contributed by atoms with Gasteiger partial charge in [-0.2, -0.15) is 0 Å². The van der Waals surface area contributed by atoms with Gasteiger partial charge in [-0.1, -0.05) is 12.1 Å². The molecule has 3 heterocycles. The Morgan fingerprint density at radius 3 is 2.77 bits per heavy atom. The quantitative estimate of drug-likeness (QED) is 0.439. The molecule has 0 spiro atoms. The Morgan fingerprint density at radius 2 is 2.00 bits per heavy atom. The molecule has 1 N–H and O–H groups in total. The van der Waals surface area contributed by atoms with E-state index in [1.165, 1.54) is 0 Å². The SMILES string of the molecule is COCCCN1C(=S)N[C@@H](c2ccccn2)[C@@H]1c1cccn1-c1cccc(OC)c1. The third-order valence-corrected chi connectivity index (χ3v) is 5.71. The zero-order valence-corrected chi connectivity index (χ0v) is 18.0. The molecular formula is C23H26N4O2S. The Kier molecular flexibility index (Phi) is 6.30. The van der Waals surface area contributed by atoms with Crippen molar-refractivity contribution >= 4 is 17.3 Å². The summed E-state index contributed by atoms with van der Waals surface area (Å²) in [5.74, 6) is 0.824. The fraction of sp³-hybridized carbons (Fsp3) is 0.304. The van der Waals surface area contributed by atoms with Gasteiger partial charge in [-0.3, -0.25) is 4.98 Å². The minimum Gasteiger partial charge on any atom is -0.497 e. The molecule has 2 aromatic heterocycles. The van der Waals surface area contributed by atoms with Gasteiger partial charge in [0.25, 0.3) is 0 Å². The van der Waals surface area contributed by atoms with Crippen LogP contribution in [0.2, 0.25) is 0 Å². The first-order chi connectivity index (χ1) is 14.7. The van der Waals surface area contributed by atoms with Gasteiger partial charge in [0.1, 0.15) is 5.75 Å². The fourth-order valence-electron chi connectivity index (χ4n) is 3.98. The van der Waals surface area contributed by atoms with Gasteiger partial charge in [0.05, 0.1) is 24.9 Å². The number of methoxy groups -OCH3 is 2. The molecule has 1 fully saturated rings. The van der Waals surface area contributed by atoms with Crippen LogP contribution in [-0.4, -0.2) is 46.9 Å². The molecule has 1 aliphatic rings. The zero-order chi connectivity index (χ0) is 20.9. The van der Waals surface area contributed by atoms with Gasteiger partial charge in [0.2, 0.25) is 0 Å². The van der Waals surface area contributed by atoms with E-state index in [9.17, 15) is 0 Å². The van der Waals surface area contributed by atoms with Crippen molar-refractivity contribution < 1.29 is 9.47 Å². The van der Waals surface area contributed by atoms with Gasteiger partial charge in [-0.15, -0.1) is 0 Å². The van der Waals surface area contributed by atoms with Crippen LogP contribution in [0, 0.1) is 0 Å². The van der Waals surface area contributed by atoms with E-state index in [2.05, 4.69) is 44.2 Å². The standard InChI is InChI=1S/C23H26N4O2S/c1-28-15-7-14-27-22(21(25-23(27)30)19-10-3-4-12-24-19)20-11-6-13-26(20)17-8-5-9-18(16-17)29-2/h3-6,8-13,16,21-22H,7,14-15H2,1-2H3,(H,25,30)/t21-,22-/m0/s1. The van der Waals surface area contributed by atoms with E-state index in [1.807, 2.05) is 42.6 Å². The molecule has 6 nitrogen and oxygen atoms in total. The van der Waals surface area contributed by atoms with E-state index in [0.717, 1.165) is 40.9 Å². The van der Waals surface area contributed by atoms with Crippen LogP contribution in [0.15, 0.2) is 67.0 Å². The lowest BCUT2D eigenvalue weighted by atomic mass is 10.0. The van der Waals surface area contributed by atoms with E-state index in [1.54, 1.807) is 14.2 Å². The Balaban J connectivity index is 1.76. The molecule has 0 unspecified atom stereocenters. The Labute approximate surface area is 182 Å². The maximum absolute atomic E-state index is 5.73. The zero-order valence-electron chi connectivity index (χ0n) is 17.2. The Bertz CT molecular complexity index is 992. The first kappa shape index (κ1) is 20.4. The molecule has 1 aromatic carbocycles. The van der Waals surface area contributed by atoms with E-state index < -0.39 is 0 Å². The first-order valence-electron chi connectivity index (χ1n) is 10.0. The lowest BCUT2D eigenvalue weighted by Gasteiger charge is -2.29. The van der Waals surface area contributed by atoms with Gasteiger partial charge < -0.3 is 24.3 Å². The van der Waals surface area contributed by atoms with Crippen molar-refractivity contribution in [2.45, 2.75) is 18.5 Å². The summed E-state index contributed by atoms with van der Waals surface area (Å²) in [4.78, 5) is 6.86. The van der Waals surface area contributed by atoms with Crippen molar-refractivity contribution in [3.63, 3.8) is 0 Å². The van der Waals surface area contributed by atoms with Crippen LogP contribution in [0.3, 0.4) is 0 Å². The third kappa shape index (κ3) is 4.04. The maximum Gasteiger partial charge on any atom is 0.170 e. The van der Waals surface area contributed by atoms with Crippen molar-refractivity contribution in [3.05, 3.63) is 78.4 Å². The predicted octanol–water partition coefficient (Wildman–Crippen LogP) is 3.89. The number of pyridine rings is 1. The number of thiocarbonyl (C=S) groups is 1. The summed E-state index contributed by atoms with van der Waals surface area (Å²) in [6.07, 6.45) is 4.80. The summed E-state index contributed by atoms with van der Waals surface area (Å²) in [7, 11) is 3.41. The molecule has 1 aliphatic heterocycles. The summed E-state index contributed by atoms with van der Waals surface area (Å²) in [6.45, 7) is 1.49. The van der Waals surface area contributed by atoms with Crippen LogP contribution in [0.4, 0.5) is 0 Å². The van der Waals surface area contributed by atoms with Crippen LogP contribution >= 0.6 is 12.2 Å².